The molecule has 0 spiro atoms. The Morgan fingerprint density at radius 2 is 1.86 bits per heavy atom. The predicted octanol–water partition coefficient (Wildman–Crippen LogP) is 6.15. The number of fused-ring (bicyclic) bond motifs is 1. The monoisotopic (exact) mass is 542 g/mol. The number of halogens is 4. The van der Waals surface area contributed by atoms with Gasteiger partial charge in [0.25, 0.3) is 12.3 Å². The number of carbonyl (C=O) groups excluding carboxylic acids is 1. The number of rotatable bonds is 7. The van der Waals surface area contributed by atoms with Crippen LogP contribution in [0.4, 0.5) is 14.6 Å². The number of ether oxygens (including phenoxy) is 1. The summed E-state index contributed by atoms with van der Waals surface area (Å²) >= 11 is 12.5. The van der Waals surface area contributed by atoms with E-state index in [1.165, 1.54) is 24.1 Å². The molecular formula is C25H18Cl2F2N6O2. The number of hydrogen-bond acceptors (Lipinski definition) is 5. The molecule has 12 heteroatoms. The number of nitrogens with zero attached hydrogens (tertiary/aromatic N) is 5. The lowest BCUT2D eigenvalue weighted by molar-refractivity contribution is 0.102. The summed E-state index contributed by atoms with van der Waals surface area (Å²) in [5, 5.41) is 11.7. The highest BCUT2D eigenvalue weighted by Gasteiger charge is 2.23. The van der Waals surface area contributed by atoms with E-state index in [1.807, 2.05) is 18.2 Å². The highest BCUT2D eigenvalue weighted by atomic mass is 35.5. The zero-order valence-electron chi connectivity index (χ0n) is 19.2. The first kappa shape index (κ1) is 24.7. The fourth-order valence-corrected chi connectivity index (χ4v) is 4.23. The molecule has 0 aliphatic carbocycles. The molecule has 8 nitrogen and oxygen atoms in total. The Kier molecular flexibility index (Phi) is 6.77. The number of para-hydroxylation sites is 1. The number of alkyl halides is 2. The first-order valence-electron chi connectivity index (χ1n) is 10.9. The normalized spacial score (nSPS) is 11.3. The van der Waals surface area contributed by atoms with E-state index in [4.69, 9.17) is 27.9 Å². The summed E-state index contributed by atoms with van der Waals surface area (Å²) in [5.41, 5.74) is 1.00. The third kappa shape index (κ3) is 4.85. The predicted molar refractivity (Wildman–Crippen MR) is 136 cm³/mol. The molecule has 1 amide bonds. The number of methoxy groups -OCH3 is 1. The standard InChI is InChI=1S/C25H18Cl2F2N6O2/c1-37-21-9-5-3-7-15(21)19-10-20(22(28)29)35-24(31-19)16(11-30-35)25(36)32-23-18(27)13-34(33-23)12-14-6-2-4-8-17(14)26/h2-11,13,22H,12H2,1H3,(H,32,33,36). The van der Waals surface area contributed by atoms with Gasteiger partial charge in [-0.25, -0.2) is 18.3 Å². The molecule has 1 N–H and O–H groups in total. The summed E-state index contributed by atoms with van der Waals surface area (Å²) in [5.74, 6) is -0.126. The zero-order chi connectivity index (χ0) is 26.1. The van der Waals surface area contributed by atoms with E-state index in [-0.39, 0.29) is 27.7 Å². The Balaban J connectivity index is 1.50. The van der Waals surface area contributed by atoms with Crippen molar-refractivity contribution in [2.45, 2.75) is 13.0 Å². The summed E-state index contributed by atoms with van der Waals surface area (Å²) in [7, 11) is 1.47. The van der Waals surface area contributed by atoms with Crippen molar-refractivity contribution in [3.8, 4) is 17.0 Å². The maximum absolute atomic E-state index is 13.9. The fourth-order valence-electron chi connectivity index (χ4n) is 3.83. The van der Waals surface area contributed by atoms with Gasteiger partial charge >= 0.3 is 0 Å². The van der Waals surface area contributed by atoms with Gasteiger partial charge < -0.3 is 10.1 Å². The van der Waals surface area contributed by atoms with Gasteiger partial charge in [0, 0.05) is 16.8 Å². The Bertz CT molecular complexity index is 1620. The van der Waals surface area contributed by atoms with E-state index in [0.29, 0.717) is 22.9 Å². The summed E-state index contributed by atoms with van der Waals surface area (Å²) < 4.78 is 35.7. The Labute approximate surface area is 219 Å². The van der Waals surface area contributed by atoms with Gasteiger partial charge in [-0.2, -0.15) is 10.2 Å². The van der Waals surface area contributed by atoms with E-state index >= 15 is 0 Å². The van der Waals surface area contributed by atoms with Crippen LogP contribution < -0.4 is 10.1 Å². The highest BCUT2D eigenvalue weighted by Crippen LogP contribution is 2.32. The van der Waals surface area contributed by atoms with Crippen LogP contribution >= 0.6 is 23.2 Å². The zero-order valence-corrected chi connectivity index (χ0v) is 20.7. The van der Waals surface area contributed by atoms with Crippen LogP contribution in [0.2, 0.25) is 10.0 Å². The molecule has 0 saturated heterocycles. The van der Waals surface area contributed by atoms with E-state index in [9.17, 15) is 13.6 Å². The Morgan fingerprint density at radius 1 is 1.11 bits per heavy atom. The third-order valence-electron chi connectivity index (χ3n) is 5.59. The number of hydrogen-bond donors (Lipinski definition) is 1. The molecular weight excluding hydrogens is 525 g/mol. The Hall–Kier alpha value is -4.02. The summed E-state index contributed by atoms with van der Waals surface area (Å²) in [6.07, 6.45) is -0.155. The SMILES string of the molecule is COc1ccccc1-c1cc(C(F)F)n2ncc(C(=O)Nc3nn(Cc4ccccc4Cl)cc3Cl)c2n1. The molecule has 0 aliphatic rings. The number of aromatic nitrogens is 5. The molecule has 2 aromatic carbocycles. The lowest BCUT2D eigenvalue weighted by atomic mass is 10.1. The van der Waals surface area contributed by atoms with Crippen LogP contribution in [0.5, 0.6) is 5.75 Å². The minimum absolute atomic E-state index is 0.0321. The van der Waals surface area contributed by atoms with Gasteiger partial charge in [-0.3, -0.25) is 9.48 Å². The van der Waals surface area contributed by atoms with Crippen LogP contribution in [0.3, 0.4) is 0 Å². The number of anilines is 1. The molecule has 0 radical (unpaired) electrons. The molecule has 5 rings (SSSR count). The van der Waals surface area contributed by atoms with Crippen molar-refractivity contribution in [1.29, 1.82) is 0 Å². The largest absolute Gasteiger partial charge is 0.496 e. The van der Waals surface area contributed by atoms with Gasteiger partial charge in [0.05, 0.1) is 25.5 Å². The third-order valence-corrected chi connectivity index (χ3v) is 6.23. The molecule has 188 valence electrons. The molecule has 0 saturated carbocycles. The summed E-state index contributed by atoms with van der Waals surface area (Å²) in [4.78, 5) is 17.6. The second-order valence-corrected chi connectivity index (χ2v) is 8.74. The van der Waals surface area contributed by atoms with E-state index in [0.717, 1.165) is 10.1 Å². The van der Waals surface area contributed by atoms with Gasteiger partial charge in [0.15, 0.2) is 11.5 Å². The van der Waals surface area contributed by atoms with Crippen molar-refractivity contribution in [2.24, 2.45) is 0 Å². The first-order chi connectivity index (χ1) is 17.9. The van der Waals surface area contributed by atoms with Crippen LogP contribution in [0, 0.1) is 0 Å². The second-order valence-electron chi connectivity index (χ2n) is 7.93. The smallest absolute Gasteiger partial charge is 0.280 e. The lowest BCUT2D eigenvalue weighted by Crippen LogP contribution is -2.14. The van der Waals surface area contributed by atoms with Crippen molar-refractivity contribution in [1.82, 2.24) is 24.4 Å². The fraction of sp³-hybridized carbons (Fsp3) is 0.120. The van der Waals surface area contributed by atoms with Crippen molar-refractivity contribution >= 4 is 40.6 Å². The minimum Gasteiger partial charge on any atom is -0.496 e. The van der Waals surface area contributed by atoms with Crippen LogP contribution in [0.15, 0.2) is 67.0 Å². The lowest BCUT2D eigenvalue weighted by Gasteiger charge is -2.11. The minimum atomic E-state index is -2.87. The molecule has 3 aromatic heterocycles. The van der Waals surface area contributed by atoms with Crippen molar-refractivity contribution < 1.29 is 18.3 Å². The molecule has 0 fully saturated rings. The summed E-state index contributed by atoms with van der Waals surface area (Å²) in [6, 6.07) is 15.4. The average molecular weight is 543 g/mol. The van der Waals surface area contributed by atoms with Gasteiger partial charge in [-0.05, 0) is 29.8 Å². The van der Waals surface area contributed by atoms with Crippen molar-refractivity contribution in [2.75, 3.05) is 12.4 Å². The number of amides is 1. The molecule has 0 bridgehead atoms. The quantitative estimate of drug-likeness (QED) is 0.266. The topological polar surface area (TPSA) is 86.3 Å². The highest BCUT2D eigenvalue weighted by molar-refractivity contribution is 6.33. The van der Waals surface area contributed by atoms with Gasteiger partial charge in [-0.1, -0.05) is 53.5 Å². The van der Waals surface area contributed by atoms with Gasteiger partial charge in [0.1, 0.15) is 22.0 Å². The van der Waals surface area contributed by atoms with Crippen LogP contribution in [-0.2, 0) is 6.54 Å². The average Bonchev–Trinajstić information content (AvgIpc) is 3.47. The van der Waals surface area contributed by atoms with Crippen molar-refractivity contribution in [3.63, 3.8) is 0 Å². The first-order valence-corrected chi connectivity index (χ1v) is 11.7. The van der Waals surface area contributed by atoms with Crippen molar-refractivity contribution in [3.05, 3.63) is 93.9 Å². The molecule has 5 aromatic rings. The molecule has 0 unspecified atom stereocenters. The van der Waals surface area contributed by atoms with Gasteiger partial charge in [-0.15, -0.1) is 0 Å². The number of benzene rings is 2. The number of carbonyl (C=O) groups is 1. The molecule has 0 aliphatic heterocycles. The van der Waals surface area contributed by atoms with Crippen LogP contribution in [0.1, 0.15) is 28.0 Å². The second kappa shape index (κ2) is 10.2. The Morgan fingerprint density at radius 3 is 2.62 bits per heavy atom. The van der Waals surface area contributed by atoms with E-state index in [2.05, 4.69) is 20.5 Å². The molecule has 3 heterocycles. The van der Waals surface area contributed by atoms with Gasteiger partial charge in [0.2, 0.25) is 0 Å². The molecule has 0 atom stereocenters. The molecule has 37 heavy (non-hydrogen) atoms. The van der Waals surface area contributed by atoms with E-state index in [1.54, 1.807) is 36.5 Å². The van der Waals surface area contributed by atoms with Crippen LogP contribution in [-0.4, -0.2) is 37.4 Å². The maximum Gasteiger partial charge on any atom is 0.280 e. The van der Waals surface area contributed by atoms with Crippen LogP contribution in [0.25, 0.3) is 16.9 Å². The van der Waals surface area contributed by atoms with E-state index < -0.39 is 18.0 Å². The summed E-state index contributed by atoms with van der Waals surface area (Å²) in [6.45, 7) is 0.327. The number of nitrogens with one attached hydrogen (secondary N) is 1. The maximum atomic E-state index is 13.9.